The van der Waals surface area contributed by atoms with Crippen LogP contribution in [0, 0.1) is 35.0 Å². The smallest absolute Gasteiger partial charge is 0.251 e. The highest BCUT2D eigenvalue weighted by Gasteiger charge is 2.83. The summed E-state index contributed by atoms with van der Waals surface area (Å²) >= 11 is 0. The summed E-state index contributed by atoms with van der Waals surface area (Å²) < 4.78 is 6.08. The van der Waals surface area contributed by atoms with E-state index in [1.807, 2.05) is 80.5 Å². The Hall–Kier alpha value is -3.96. The van der Waals surface area contributed by atoms with Gasteiger partial charge in [-0.25, -0.2) is 0 Å². The second-order valence-corrected chi connectivity index (χ2v) is 16.9. The van der Waals surface area contributed by atoms with Gasteiger partial charge in [0.15, 0.2) is 0 Å². The average molecular weight is 725 g/mol. The number of anilines is 1. The summed E-state index contributed by atoms with van der Waals surface area (Å²) in [5.41, 5.74) is 4.99. The number of aliphatic hydroxyl groups excluding tert-OH is 2. The lowest BCUT2D eigenvalue weighted by molar-refractivity contribution is -0.349. The maximum Gasteiger partial charge on any atom is 0.251 e. The van der Waals surface area contributed by atoms with Crippen molar-refractivity contribution in [3.63, 3.8) is 0 Å². The Morgan fingerprint density at radius 2 is 1.79 bits per heavy atom. The number of nitrogens with zero attached hydrogens (tertiary/aromatic N) is 2. The molecule has 10 heteroatoms. The molecule has 3 aromatic rings. The number of hydrogen-bond acceptors (Lipinski definition) is 8. The van der Waals surface area contributed by atoms with Crippen molar-refractivity contribution >= 4 is 17.5 Å². The maximum atomic E-state index is 14.4. The van der Waals surface area contributed by atoms with Crippen molar-refractivity contribution in [1.29, 1.82) is 0 Å². The molecule has 1 saturated heterocycles. The van der Waals surface area contributed by atoms with E-state index < -0.39 is 24.2 Å². The summed E-state index contributed by atoms with van der Waals surface area (Å²) in [4.78, 5) is 36.3. The molecule has 7 rings (SSSR count). The van der Waals surface area contributed by atoms with Crippen LogP contribution in [-0.2, 0) is 22.6 Å². The fourth-order valence-corrected chi connectivity index (χ4v) is 10.6. The van der Waals surface area contributed by atoms with Gasteiger partial charge in [0.1, 0.15) is 17.9 Å². The van der Waals surface area contributed by atoms with Gasteiger partial charge in [0, 0.05) is 54.0 Å². The first kappa shape index (κ1) is 37.4. The number of carbonyl (C=O) groups excluding carboxylic acids is 2. The number of carbonyl (C=O) groups is 2. The van der Waals surface area contributed by atoms with E-state index in [4.69, 9.17) is 9.57 Å². The molecule has 10 atom stereocenters. The molecule has 53 heavy (non-hydrogen) atoms. The zero-order chi connectivity index (χ0) is 38.0. The SMILES string of the molecule is COc1c(CN2O[C@@H](CO)[C@H]([C@H](C)O)[C@H]2C(=O)N[C@@]23C[C@H]4C2[C@@H]([C@@H]3C)C4(C)C)cccc1-c1cc(C(=O)N[C@H](C)Cc2ccccc2)cc(N(C)C)c1. The first-order valence-corrected chi connectivity index (χ1v) is 19.1. The van der Waals surface area contributed by atoms with Crippen LogP contribution in [0.1, 0.15) is 62.5 Å². The van der Waals surface area contributed by atoms with Crippen molar-refractivity contribution in [1.82, 2.24) is 15.7 Å². The van der Waals surface area contributed by atoms with Crippen LogP contribution in [0.15, 0.2) is 66.7 Å². The van der Waals surface area contributed by atoms with Crippen molar-refractivity contribution in [2.75, 3.05) is 32.7 Å². The van der Waals surface area contributed by atoms with Crippen LogP contribution >= 0.6 is 0 Å². The molecule has 0 radical (unpaired) electrons. The minimum absolute atomic E-state index is 0.0761. The number of methoxy groups -OCH3 is 1. The van der Waals surface area contributed by atoms with Crippen molar-refractivity contribution in [3.05, 3.63) is 83.4 Å². The lowest BCUT2D eigenvalue weighted by atomic mass is 9.21. The lowest BCUT2D eigenvalue weighted by Gasteiger charge is -2.86. The molecule has 10 nitrogen and oxygen atoms in total. The van der Waals surface area contributed by atoms with Crippen LogP contribution in [0.3, 0.4) is 0 Å². The molecule has 1 unspecified atom stereocenters. The zero-order valence-corrected chi connectivity index (χ0v) is 32.3. The number of ether oxygens (including phenoxy) is 1. The van der Waals surface area contributed by atoms with Gasteiger partial charge in [-0.3, -0.25) is 14.4 Å². The van der Waals surface area contributed by atoms with E-state index >= 15 is 0 Å². The van der Waals surface area contributed by atoms with Crippen molar-refractivity contribution in [2.45, 2.75) is 83.8 Å². The number of hydrogen-bond donors (Lipinski definition) is 4. The second kappa shape index (κ2) is 14.0. The topological polar surface area (TPSA) is 124 Å². The summed E-state index contributed by atoms with van der Waals surface area (Å²) in [5.74, 6) is 1.72. The van der Waals surface area contributed by atoms with Crippen LogP contribution in [0.5, 0.6) is 5.75 Å². The molecular formula is C43H56N4O6. The summed E-state index contributed by atoms with van der Waals surface area (Å²) in [5, 5.41) is 29.6. The van der Waals surface area contributed by atoms with Gasteiger partial charge in [0.2, 0.25) is 5.91 Å². The van der Waals surface area contributed by atoms with Gasteiger partial charge in [-0.2, -0.15) is 5.06 Å². The lowest BCUT2D eigenvalue weighted by Crippen LogP contribution is -2.90. The minimum Gasteiger partial charge on any atom is -0.496 e. The van der Waals surface area contributed by atoms with Crippen LogP contribution < -0.4 is 20.3 Å². The number of hydroxylamine groups is 2. The molecule has 4 fully saturated rings. The number of rotatable bonds is 13. The molecule has 3 saturated carbocycles. The van der Waals surface area contributed by atoms with Gasteiger partial charge >= 0.3 is 0 Å². The van der Waals surface area contributed by atoms with E-state index in [2.05, 4.69) is 43.5 Å². The van der Waals surface area contributed by atoms with Crippen LogP contribution in [0.25, 0.3) is 11.1 Å². The number of nitrogens with one attached hydrogen (secondary N) is 2. The standard InChI is InChI=1S/C43H56N4O6/c1-24(17-27-13-10-9-11-14-27)44-40(50)30-18-29(19-31(20-30)46(6)7)32-16-12-15-28(39(32)52-8)22-47-38(35(26(3)49)34(23-48)53-47)41(51)45-43-21-33-37(43)36(25(43)2)42(33,4)5/h9-16,18-20,24-26,33-38,48-49H,17,21-23H2,1-8H3,(H,44,50)(H,45,51)/t24-,25+,26+,33+,34+,35+,36-,37?,38+,43-/m1/s1. The summed E-state index contributed by atoms with van der Waals surface area (Å²) in [6.07, 6.45) is 0.0457. The Balaban J connectivity index is 1.16. The van der Waals surface area contributed by atoms with Gasteiger partial charge in [0.05, 0.1) is 26.4 Å². The highest BCUT2D eigenvalue weighted by molar-refractivity contribution is 5.97. The highest BCUT2D eigenvalue weighted by atomic mass is 16.7. The summed E-state index contributed by atoms with van der Waals surface area (Å²) in [6, 6.07) is 20.8. The molecule has 4 aliphatic rings. The third-order valence-corrected chi connectivity index (χ3v) is 13.3. The molecule has 1 heterocycles. The number of aliphatic hydroxyl groups is 2. The summed E-state index contributed by atoms with van der Waals surface area (Å²) in [7, 11) is 5.50. The third kappa shape index (κ3) is 6.21. The Labute approximate surface area is 313 Å². The quantitative estimate of drug-likeness (QED) is 0.193. The van der Waals surface area contributed by atoms with Gasteiger partial charge in [-0.05, 0) is 85.1 Å². The van der Waals surface area contributed by atoms with Crippen molar-refractivity contribution in [2.24, 2.45) is 35.0 Å². The number of amides is 2. The van der Waals surface area contributed by atoms with Gasteiger partial charge in [-0.15, -0.1) is 0 Å². The largest absolute Gasteiger partial charge is 0.496 e. The van der Waals surface area contributed by atoms with Crippen LogP contribution in [0.2, 0.25) is 0 Å². The molecule has 0 bridgehead atoms. The fraction of sp³-hybridized carbons (Fsp3) is 0.535. The normalized spacial score (nSPS) is 30.5. The molecule has 3 aromatic carbocycles. The van der Waals surface area contributed by atoms with E-state index in [1.165, 1.54) is 0 Å². The number of para-hydroxylation sites is 1. The molecule has 3 aliphatic carbocycles. The monoisotopic (exact) mass is 724 g/mol. The fourth-order valence-electron chi connectivity index (χ4n) is 10.6. The Morgan fingerprint density at radius 3 is 2.42 bits per heavy atom. The first-order chi connectivity index (χ1) is 25.2. The van der Waals surface area contributed by atoms with E-state index in [1.54, 1.807) is 19.1 Å². The van der Waals surface area contributed by atoms with E-state index in [-0.39, 0.29) is 36.5 Å². The second-order valence-electron chi connectivity index (χ2n) is 16.9. The zero-order valence-electron chi connectivity index (χ0n) is 32.3. The van der Waals surface area contributed by atoms with Gasteiger partial charge < -0.3 is 30.5 Å². The molecule has 2 amide bonds. The first-order valence-electron chi connectivity index (χ1n) is 19.1. The summed E-state index contributed by atoms with van der Waals surface area (Å²) in [6.45, 7) is 10.5. The van der Waals surface area contributed by atoms with Crippen LogP contribution in [0.4, 0.5) is 5.69 Å². The molecule has 1 aliphatic heterocycles. The number of benzene rings is 3. The van der Waals surface area contributed by atoms with Crippen LogP contribution in [-0.4, -0.2) is 84.7 Å². The van der Waals surface area contributed by atoms with Gasteiger partial charge in [0.25, 0.3) is 5.91 Å². The highest BCUT2D eigenvalue weighted by Crippen LogP contribution is 2.81. The average Bonchev–Trinajstić information content (AvgIpc) is 3.50. The van der Waals surface area contributed by atoms with Crippen molar-refractivity contribution in [3.8, 4) is 16.9 Å². The molecule has 4 N–H and O–H groups in total. The van der Waals surface area contributed by atoms with Crippen molar-refractivity contribution < 1.29 is 29.4 Å². The molecular weight excluding hydrogens is 668 g/mol. The predicted octanol–water partition coefficient (Wildman–Crippen LogP) is 5.06. The molecule has 0 aromatic heterocycles. The predicted molar refractivity (Wildman–Crippen MR) is 205 cm³/mol. The minimum atomic E-state index is -0.893. The Bertz CT molecular complexity index is 1840. The van der Waals surface area contributed by atoms with Gasteiger partial charge in [-0.1, -0.05) is 69.3 Å². The third-order valence-electron chi connectivity index (χ3n) is 13.3. The molecule has 0 spiro atoms. The van der Waals surface area contributed by atoms with E-state index in [9.17, 15) is 19.8 Å². The van der Waals surface area contributed by atoms with E-state index in [0.717, 1.165) is 34.4 Å². The Morgan fingerprint density at radius 1 is 1.06 bits per heavy atom. The molecule has 284 valence electrons. The maximum absolute atomic E-state index is 14.4. The Kier molecular flexibility index (Phi) is 9.89. The van der Waals surface area contributed by atoms with E-state index in [0.29, 0.717) is 46.8 Å².